The first-order valence-electron chi connectivity index (χ1n) is 5.61. The van der Waals surface area contributed by atoms with E-state index in [4.69, 9.17) is 4.74 Å². The predicted molar refractivity (Wildman–Crippen MR) is 64.3 cm³/mol. The summed E-state index contributed by atoms with van der Waals surface area (Å²) in [5.41, 5.74) is 2.45. The molecule has 1 rings (SSSR count). The van der Waals surface area contributed by atoms with Gasteiger partial charge in [0.1, 0.15) is 5.75 Å². The zero-order valence-electron chi connectivity index (χ0n) is 10.1. The normalized spacial score (nSPS) is 10.7. The van der Waals surface area contributed by atoms with E-state index < -0.39 is 0 Å². The van der Waals surface area contributed by atoms with Crippen molar-refractivity contribution in [2.75, 3.05) is 6.54 Å². The maximum atomic E-state index is 5.83. The number of ether oxygens (including phenoxy) is 1. The Morgan fingerprint density at radius 1 is 1.33 bits per heavy atom. The molecule has 0 aliphatic rings. The van der Waals surface area contributed by atoms with E-state index in [0.29, 0.717) is 0 Å². The van der Waals surface area contributed by atoms with Crippen LogP contribution in [0.4, 0.5) is 0 Å². The first-order valence-corrected chi connectivity index (χ1v) is 5.61. The molecule has 0 saturated carbocycles. The Morgan fingerprint density at radius 3 is 2.67 bits per heavy atom. The summed E-state index contributed by atoms with van der Waals surface area (Å²) in [5.74, 6) is 1.04. The topological polar surface area (TPSA) is 21.3 Å². The van der Waals surface area contributed by atoms with Crippen molar-refractivity contribution in [3.63, 3.8) is 0 Å². The van der Waals surface area contributed by atoms with Gasteiger partial charge in [0.05, 0.1) is 6.10 Å². The lowest BCUT2D eigenvalue weighted by Crippen LogP contribution is -2.15. The van der Waals surface area contributed by atoms with Gasteiger partial charge in [-0.1, -0.05) is 25.1 Å². The maximum Gasteiger partial charge on any atom is 0.127 e. The van der Waals surface area contributed by atoms with Crippen LogP contribution in [0.15, 0.2) is 18.2 Å². The summed E-state index contributed by atoms with van der Waals surface area (Å²) in [4.78, 5) is 0. The van der Waals surface area contributed by atoms with E-state index in [0.717, 1.165) is 18.8 Å². The standard InChI is InChI=1S/C13H21NO/c1-5-14-9-12-8-6-7-11(4)13(12)15-10(2)3/h6-8,10,14H,5,9H2,1-4H3. The lowest BCUT2D eigenvalue weighted by molar-refractivity contribution is 0.238. The summed E-state index contributed by atoms with van der Waals surface area (Å²) in [5, 5.41) is 3.33. The van der Waals surface area contributed by atoms with Gasteiger partial charge in [-0.2, -0.15) is 0 Å². The van der Waals surface area contributed by atoms with Crippen molar-refractivity contribution in [3.05, 3.63) is 29.3 Å². The second-order valence-electron chi connectivity index (χ2n) is 4.01. The molecule has 0 amide bonds. The Labute approximate surface area is 92.6 Å². The van der Waals surface area contributed by atoms with E-state index in [1.165, 1.54) is 11.1 Å². The van der Waals surface area contributed by atoms with Crippen molar-refractivity contribution in [2.24, 2.45) is 0 Å². The molecule has 0 unspecified atom stereocenters. The lowest BCUT2D eigenvalue weighted by Gasteiger charge is -2.16. The molecule has 0 aliphatic carbocycles. The van der Waals surface area contributed by atoms with Crippen molar-refractivity contribution < 1.29 is 4.74 Å². The Kier molecular flexibility index (Phi) is 4.63. The van der Waals surface area contributed by atoms with Crippen LogP contribution in [0.5, 0.6) is 5.75 Å². The molecule has 1 N–H and O–H groups in total. The highest BCUT2D eigenvalue weighted by Gasteiger charge is 2.07. The summed E-state index contributed by atoms with van der Waals surface area (Å²) in [7, 11) is 0. The molecule has 1 aromatic carbocycles. The third-order valence-corrected chi connectivity index (χ3v) is 2.21. The largest absolute Gasteiger partial charge is 0.490 e. The zero-order valence-corrected chi connectivity index (χ0v) is 10.1. The summed E-state index contributed by atoms with van der Waals surface area (Å²) < 4.78 is 5.83. The molecule has 0 bridgehead atoms. The van der Waals surface area contributed by atoms with Crippen molar-refractivity contribution in [1.82, 2.24) is 5.32 Å². The SMILES string of the molecule is CCNCc1cccc(C)c1OC(C)C. The highest BCUT2D eigenvalue weighted by atomic mass is 16.5. The van der Waals surface area contributed by atoms with Crippen LogP contribution >= 0.6 is 0 Å². The van der Waals surface area contributed by atoms with Gasteiger partial charge in [-0.05, 0) is 32.9 Å². The molecule has 0 aliphatic heterocycles. The van der Waals surface area contributed by atoms with Gasteiger partial charge in [0, 0.05) is 12.1 Å². The molecule has 0 saturated heterocycles. The van der Waals surface area contributed by atoms with Crippen LogP contribution in [0, 0.1) is 6.92 Å². The number of hydrogen-bond acceptors (Lipinski definition) is 2. The quantitative estimate of drug-likeness (QED) is 0.801. The third-order valence-electron chi connectivity index (χ3n) is 2.21. The molecule has 0 heterocycles. The molecule has 0 aromatic heterocycles. The van der Waals surface area contributed by atoms with Crippen molar-refractivity contribution in [2.45, 2.75) is 40.3 Å². The maximum absolute atomic E-state index is 5.83. The molecule has 0 fully saturated rings. The Hall–Kier alpha value is -1.02. The van der Waals surface area contributed by atoms with E-state index in [9.17, 15) is 0 Å². The minimum atomic E-state index is 0.228. The highest BCUT2D eigenvalue weighted by Crippen LogP contribution is 2.24. The lowest BCUT2D eigenvalue weighted by atomic mass is 10.1. The van der Waals surface area contributed by atoms with Gasteiger partial charge in [0.2, 0.25) is 0 Å². The summed E-state index contributed by atoms with van der Waals surface area (Å²) >= 11 is 0. The van der Waals surface area contributed by atoms with E-state index in [-0.39, 0.29) is 6.10 Å². The average Bonchev–Trinajstić information content (AvgIpc) is 2.18. The van der Waals surface area contributed by atoms with Gasteiger partial charge in [0.25, 0.3) is 0 Å². The number of hydrogen-bond donors (Lipinski definition) is 1. The smallest absolute Gasteiger partial charge is 0.127 e. The Morgan fingerprint density at radius 2 is 2.07 bits per heavy atom. The van der Waals surface area contributed by atoms with Gasteiger partial charge in [0.15, 0.2) is 0 Å². The van der Waals surface area contributed by atoms with Gasteiger partial charge < -0.3 is 10.1 Å². The summed E-state index contributed by atoms with van der Waals surface area (Å²) in [6.45, 7) is 10.2. The van der Waals surface area contributed by atoms with Crippen LogP contribution in [0.25, 0.3) is 0 Å². The van der Waals surface area contributed by atoms with Crippen LogP contribution in [0.1, 0.15) is 31.9 Å². The molecular weight excluding hydrogens is 186 g/mol. The second kappa shape index (κ2) is 5.76. The van der Waals surface area contributed by atoms with Crippen LogP contribution in [0.3, 0.4) is 0 Å². The fraction of sp³-hybridized carbons (Fsp3) is 0.538. The van der Waals surface area contributed by atoms with Gasteiger partial charge >= 0.3 is 0 Å². The average molecular weight is 207 g/mol. The minimum absolute atomic E-state index is 0.228. The number of benzene rings is 1. The van der Waals surface area contributed by atoms with Crippen LogP contribution in [-0.2, 0) is 6.54 Å². The fourth-order valence-electron chi connectivity index (χ4n) is 1.52. The fourth-order valence-corrected chi connectivity index (χ4v) is 1.52. The number of para-hydroxylation sites is 1. The third kappa shape index (κ3) is 3.56. The predicted octanol–water partition coefficient (Wildman–Crippen LogP) is 2.89. The van der Waals surface area contributed by atoms with Gasteiger partial charge in [-0.25, -0.2) is 0 Å². The molecule has 15 heavy (non-hydrogen) atoms. The molecule has 1 aromatic rings. The van der Waals surface area contributed by atoms with Crippen LogP contribution < -0.4 is 10.1 Å². The molecule has 2 heteroatoms. The van der Waals surface area contributed by atoms with E-state index >= 15 is 0 Å². The first-order chi connectivity index (χ1) is 7.15. The summed E-state index contributed by atoms with van der Waals surface area (Å²) in [6, 6.07) is 6.29. The molecule has 0 radical (unpaired) electrons. The Bertz CT molecular complexity index is 307. The van der Waals surface area contributed by atoms with E-state index in [1.807, 2.05) is 0 Å². The van der Waals surface area contributed by atoms with Crippen molar-refractivity contribution >= 4 is 0 Å². The highest BCUT2D eigenvalue weighted by molar-refractivity contribution is 5.40. The van der Waals surface area contributed by atoms with E-state index in [2.05, 4.69) is 51.2 Å². The van der Waals surface area contributed by atoms with Crippen molar-refractivity contribution in [3.8, 4) is 5.75 Å². The van der Waals surface area contributed by atoms with Crippen molar-refractivity contribution in [1.29, 1.82) is 0 Å². The number of aryl methyl sites for hydroxylation is 1. The molecule has 0 atom stereocenters. The number of rotatable bonds is 5. The first kappa shape index (κ1) is 12.1. The van der Waals surface area contributed by atoms with Gasteiger partial charge in [-0.3, -0.25) is 0 Å². The molecule has 84 valence electrons. The molecule has 0 spiro atoms. The summed E-state index contributed by atoms with van der Waals surface area (Å²) in [6.07, 6.45) is 0.228. The Balaban J connectivity index is 2.87. The minimum Gasteiger partial charge on any atom is -0.490 e. The monoisotopic (exact) mass is 207 g/mol. The second-order valence-corrected chi connectivity index (χ2v) is 4.01. The van der Waals surface area contributed by atoms with Gasteiger partial charge in [-0.15, -0.1) is 0 Å². The van der Waals surface area contributed by atoms with E-state index in [1.54, 1.807) is 0 Å². The molecule has 2 nitrogen and oxygen atoms in total. The molecular formula is C13H21NO. The zero-order chi connectivity index (χ0) is 11.3. The van der Waals surface area contributed by atoms with Crippen LogP contribution in [-0.4, -0.2) is 12.6 Å². The van der Waals surface area contributed by atoms with Crippen LogP contribution in [0.2, 0.25) is 0 Å². The number of nitrogens with one attached hydrogen (secondary N) is 1.